The summed E-state index contributed by atoms with van der Waals surface area (Å²) in [6.45, 7) is 4.63. The van der Waals surface area contributed by atoms with E-state index in [1.165, 1.54) is 27.9 Å². The van der Waals surface area contributed by atoms with Gasteiger partial charge in [0.05, 0.1) is 22.7 Å². The molecule has 2 aliphatic rings. The van der Waals surface area contributed by atoms with Crippen LogP contribution in [-0.2, 0) is 5.41 Å². The Morgan fingerprint density at radius 2 is 1.13 bits per heavy atom. The molecular weight excluding hydrogens is 673 g/mol. The van der Waals surface area contributed by atoms with Crippen molar-refractivity contribution in [1.82, 2.24) is 0 Å². The number of fused-ring (bicyclic) bond motifs is 7. The predicted molar refractivity (Wildman–Crippen MR) is 226 cm³/mol. The quantitative estimate of drug-likeness (QED) is 0.178. The fourth-order valence-electron chi connectivity index (χ4n) is 8.74. The summed E-state index contributed by atoms with van der Waals surface area (Å²) < 4.78 is 13.5. The first-order valence-electron chi connectivity index (χ1n) is 18.8. The Bertz CT molecular complexity index is 2930. The maximum Gasteiger partial charge on any atom is 0.159 e. The van der Waals surface area contributed by atoms with E-state index in [1.54, 1.807) is 0 Å². The average Bonchev–Trinajstić information content (AvgIpc) is 3.63. The van der Waals surface area contributed by atoms with Gasteiger partial charge in [-0.25, -0.2) is 0 Å². The van der Waals surface area contributed by atoms with Crippen molar-refractivity contribution in [3.05, 3.63) is 193 Å². The minimum absolute atomic E-state index is 0.205. The second-order valence-corrected chi connectivity index (χ2v) is 14.9. The van der Waals surface area contributed by atoms with Crippen molar-refractivity contribution in [3.8, 4) is 33.8 Å². The minimum Gasteiger partial charge on any atom is -0.454 e. The highest BCUT2D eigenvalue weighted by atomic mass is 16.5. The molecule has 0 unspecified atom stereocenters. The van der Waals surface area contributed by atoms with Gasteiger partial charge in [0.15, 0.2) is 17.1 Å². The summed E-state index contributed by atoms with van der Waals surface area (Å²) in [7, 11) is 0. The zero-order valence-electron chi connectivity index (χ0n) is 30.5. The normalized spacial score (nSPS) is 13.5. The lowest BCUT2D eigenvalue weighted by molar-refractivity contribution is 0.473. The van der Waals surface area contributed by atoms with E-state index < -0.39 is 0 Å². The van der Waals surface area contributed by atoms with E-state index in [0.29, 0.717) is 0 Å². The van der Waals surface area contributed by atoms with Crippen LogP contribution in [0.5, 0.6) is 11.5 Å². The summed E-state index contributed by atoms with van der Waals surface area (Å²) in [4.78, 5) is 4.70. The molecule has 1 aromatic heterocycles. The van der Waals surface area contributed by atoms with E-state index in [-0.39, 0.29) is 5.41 Å². The first-order chi connectivity index (χ1) is 27.0. The number of hydrogen-bond acceptors (Lipinski definition) is 4. The number of furan rings is 1. The minimum atomic E-state index is -0.205. The Labute approximate surface area is 320 Å². The fraction of sp³-hybridized carbons (Fsp3) is 0.0588. The zero-order valence-corrected chi connectivity index (χ0v) is 30.5. The van der Waals surface area contributed by atoms with E-state index in [0.717, 1.165) is 73.0 Å². The number of benzene rings is 8. The Kier molecular flexibility index (Phi) is 6.86. The van der Waals surface area contributed by atoms with Crippen LogP contribution in [0.4, 0.5) is 34.1 Å². The summed E-state index contributed by atoms with van der Waals surface area (Å²) in [5.41, 5.74) is 15.0. The Morgan fingerprint density at radius 1 is 0.491 bits per heavy atom. The van der Waals surface area contributed by atoms with E-state index >= 15 is 0 Å². The van der Waals surface area contributed by atoms with Gasteiger partial charge in [0.2, 0.25) is 0 Å². The van der Waals surface area contributed by atoms with Crippen molar-refractivity contribution < 1.29 is 9.15 Å². The van der Waals surface area contributed by atoms with E-state index in [4.69, 9.17) is 9.15 Å². The number of nitrogens with zero attached hydrogens (tertiary/aromatic N) is 2. The molecule has 11 rings (SSSR count). The topological polar surface area (TPSA) is 28.9 Å². The molecule has 4 heteroatoms. The Morgan fingerprint density at radius 3 is 1.93 bits per heavy atom. The number of rotatable bonds is 5. The number of anilines is 6. The van der Waals surface area contributed by atoms with Crippen LogP contribution >= 0.6 is 0 Å². The van der Waals surface area contributed by atoms with Crippen molar-refractivity contribution in [3.63, 3.8) is 0 Å². The third-order valence-electron chi connectivity index (χ3n) is 11.5. The third-order valence-corrected chi connectivity index (χ3v) is 11.5. The monoisotopic (exact) mass is 708 g/mol. The molecule has 0 amide bonds. The lowest BCUT2D eigenvalue weighted by atomic mass is 9.72. The molecule has 0 spiro atoms. The van der Waals surface area contributed by atoms with Crippen molar-refractivity contribution in [1.29, 1.82) is 0 Å². The average molecular weight is 709 g/mol. The molecular formula is C51H36N2O2. The summed E-state index contributed by atoms with van der Waals surface area (Å²) >= 11 is 0. The van der Waals surface area contributed by atoms with Crippen LogP contribution in [0, 0.1) is 0 Å². The van der Waals surface area contributed by atoms with Crippen molar-refractivity contribution in [2.75, 3.05) is 9.80 Å². The van der Waals surface area contributed by atoms with Gasteiger partial charge in [0.25, 0.3) is 0 Å². The third kappa shape index (κ3) is 4.78. The molecule has 0 aliphatic carbocycles. The summed E-state index contributed by atoms with van der Waals surface area (Å²) in [5, 5.41) is 2.20. The van der Waals surface area contributed by atoms with Gasteiger partial charge in [-0.05, 0) is 82.4 Å². The molecule has 9 aromatic rings. The van der Waals surface area contributed by atoms with Crippen LogP contribution in [0.15, 0.2) is 186 Å². The Balaban J connectivity index is 1.06. The Hall–Kier alpha value is -7.04. The van der Waals surface area contributed by atoms with Gasteiger partial charge in [-0.1, -0.05) is 141 Å². The molecule has 0 radical (unpaired) electrons. The highest BCUT2D eigenvalue weighted by molar-refractivity contribution is 6.10. The predicted octanol–water partition coefficient (Wildman–Crippen LogP) is 14.6. The molecule has 0 bridgehead atoms. The molecule has 0 fully saturated rings. The van der Waals surface area contributed by atoms with E-state index in [9.17, 15) is 0 Å². The fourth-order valence-corrected chi connectivity index (χ4v) is 8.74. The molecule has 3 heterocycles. The number of hydrogen-bond donors (Lipinski definition) is 0. The van der Waals surface area contributed by atoms with Gasteiger partial charge >= 0.3 is 0 Å². The van der Waals surface area contributed by atoms with Crippen molar-refractivity contribution >= 4 is 56.1 Å². The van der Waals surface area contributed by atoms with Gasteiger partial charge in [0.1, 0.15) is 5.58 Å². The van der Waals surface area contributed by atoms with Crippen LogP contribution < -0.4 is 14.5 Å². The molecule has 55 heavy (non-hydrogen) atoms. The number of ether oxygens (including phenoxy) is 1. The highest BCUT2D eigenvalue weighted by Crippen LogP contribution is 2.61. The molecule has 262 valence electrons. The van der Waals surface area contributed by atoms with Crippen LogP contribution in [0.1, 0.15) is 25.0 Å². The largest absolute Gasteiger partial charge is 0.454 e. The summed E-state index contributed by atoms with van der Waals surface area (Å²) in [6.07, 6.45) is 0. The first kappa shape index (κ1) is 31.5. The maximum absolute atomic E-state index is 6.89. The maximum atomic E-state index is 6.89. The van der Waals surface area contributed by atoms with Crippen molar-refractivity contribution in [2.24, 2.45) is 0 Å². The van der Waals surface area contributed by atoms with Crippen LogP contribution in [0.2, 0.25) is 0 Å². The van der Waals surface area contributed by atoms with Crippen LogP contribution in [0.3, 0.4) is 0 Å². The van der Waals surface area contributed by atoms with Crippen LogP contribution in [-0.4, -0.2) is 0 Å². The molecule has 8 aromatic carbocycles. The van der Waals surface area contributed by atoms with Gasteiger partial charge in [-0.15, -0.1) is 0 Å². The summed E-state index contributed by atoms with van der Waals surface area (Å²) in [6, 6.07) is 64.5. The second kappa shape index (κ2) is 12.0. The zero-order chi connectivity index (χ0) is 36.7. The molecule has 0 N–H and O–H groups in total. The smallest absolute Gasteiger partial charge is 0.159 e. The molecule has 0 saturated heterocycles. The van der Waals surface area contributed by atoms with Crippen molar-refractivity contribution in [2.45, 2.75) is 19.3 Å². The SMILES string of the molecule is CC1(C)c2ccccc2N2c3ccccc3Oc3c(-c4ccc(N(c5ccc(-c6ccccc6)cc5)c5cccc6c5oc5ccccc56)cc4)ccc1c32. The molecule has 2 aliphatic heterocycles. The lowest BCUT2D eigenvalue weighted by Gasteiger charge is -2.45. The van der Waals surface area contributed by atoms with Crippen LogP contribution in [0.25, 0.3) is 44.2 Å². The van der Waals surface area contributed by atoms with Gasteiger partial charge < -0.3 is 19.0 Å². The molecule has 0 saturated carbocycles. The van der Waals surface area contributed by atoms with Gasteiger partial charge in [-0.2, -0.15) is 0 Å². The second-order valence-electron chi connectivity index (χ2n) is 14.9. The highest BCUT2D eigenvalue weighted by Gasteiger charge is 2.42. The standard InChI is InChI=1S/C51H36N2O2/c1-51(2)41-17-7-8-18-43(41)53-44-19-9-11-22-47(44)55-50-38(31-32-42(51)48(50)53)35-25-29-37(30-26-35)52(36-27-23-34(24-28-36)33-13-4-3-5-14-33)45-20-12-16-40-39-15-6-10-21-46(39)54-49(40)45/h3-32H,1-2H3. The first-order valence-corrected chi connectivity index (χ1v) is 18.8. The van der Waals surface area contributed by atoms with Gasteiger partial charge in [-0.3, -0.25) is 0 Å². The lowest BCUT2D eigenvalue weighted by Crippen LogP contribution is -2.32. The van der Waals surface area contributed by atoms with Gasteiger partial charge in [0, 0.05) is 33.1 Å². The molecule has 4 nitrogen and oxygen atoms in total. The number of para-hydroxylation sites is 5. The van der Waals surface area contributed by atoms with E-state index in [2.05, 4.69) is 187 Å². The summed E-state index contributed by atoms with van der Waals surface area (Å²) in [5.74, 6) is 1.73. The molecule has 0 atom stereocenters. The van der Waals surface area contributed by atoms with E-state index in [1.807, 2.05) is 18.2 Å².